The van der Waals surface area contributed by atoms with E-state index in [9.17, 15) is 9.59 Å². The summed E-state index contributed by atoms with van der Waals surface area (Å²) in [5.74, 6) is 0.152. The largest absolute Gasteiger partial charge is 0.497 e. The van der Waals surface area contributed by atoms with Gasteiger partial charge in [0.05, 0.1) is 12.7 Å². The zero-order valence-corrected chi connectivity index (χ0v) is 16.1. The lowest BCUT2D eigenvalue weighted by Crippen LogP contribution is -2.33. The molecule has 0 aliphatic carbocycles. The van der Waals surface area contributed by atoms with Gasteiger partial charge in [0.15, 0.2) is 0 Å². The number of imide groups is 1. The minimum Gasteiger partial charge on any atom is -0.497 e. The van der Waals surface area contributed by atoms with Crippen LogP contribution in [0, 0.1) is 13.8 Å². The first-order chi connectivity index (χ1) is 13.0. The highest BCUT2D eigenvalue weighted by molar-refractivity contribution is 6.36. The summed E-state index contributed by atoms with van der Waals surface area (Å²) >= 11 is 0. The first kappa shape index (κ1) is 18.7. The van der Waals surface area contributed by atoms with Crippen LogP contribution in [-0.2, 0) is 9.59 Å². The van der Waals surface area contributed by atoms with Crippen LogP contribution in [0.1, 0.15) is 30.0 Å². The van der Waals surface area contributed by atoms with E-state index in [-0.39, 0.29) is 11.8 Å². The molecule has 3 rings (SSSR count). The van der Waals surface area contributed by atoms with Gasteiger partial charge in [-0.2, -0.15) is 0 Å². The van der Waals surface area contributed by atoms with Crippen LogP contribution in [-0.4, -0.2) is 30.4 Å². The number of aryl methyl sites for hydroxylation is 1. The smallest absolute Gasteiger partial charge is 0.278 e. The fraction of sp³-hybridized carbons (Fsp3) is 0.273. The van der Waals surface area contributed by atoms with E-state index in [0.717, 1.165) is 16.8 Å². The zero-order chi connectivity index (χ0) is 19.6. The number of methoxy groups -OCH3 is 1. The van der Waals surface area contributed by atoms with Crippen molar-refractivity contribution >= 4 is 23.1 Å². The van der Waals surface area contributed by atoms with E-state index in [2.05, 4.69) is 5.32 Å². The van der Waals surface area contributed by atoms with E-state index in [0.29, 0.717) is 35.5 Å². The maximum absolute atomic E-state index is 13.0. The molecule has 140 valence electrons. The lowest BCUT2D eigenvalue weighted by Gasteiger charge is -2.15. The number of nitrogens with one attached hydrogen (secondary N) is 1. The Balaban J connectivity index is 2.09. The highest BCUT2D eigenvalue weighted by atomic mass is 16.5. The van der Waals surface area contributed by atoms with E-state index in [1.165, 1.54) is 4.90 Å². The SMILES string of the molecule is CCCN1C(=O)C(Nc2cccc(C)c2C)=C(c2ccc(OC)cc2)C1=O. The van der Waals surface area contributed by atoms with Crippen LogP contribution >= 0.6 is 0 Å². The summed E-state index contributed by atoms with van der Waals surface area (Å²) < 4.78 is 5.20. The Morgan fingerprint density at radius 3 is 2.33 bits per heavy atom. The molecule has 5 nitrogen and oxygen atoms in total. The minimum absolute atomic E-state index is 0.264. The van der Waals surface area contributed by atoms with Crippen LogP contribution < -0.4 is 10.1 Å². The molecule has 2 aromatic rings. The summed E-state index contributed by atoms with van der Waals surface area (Å²) in [6, 6.07) is 13.1. The van der Waals surface area contributed by atoms with Gasteiger partial charge in [-0.25, -0.2) is 0 Å². The van der Waals surface area contributed by atoms with Crippen molar-refractivity contribution in [1.82, 2.24) is 4.90 Å². The van der Waals surface area contributed by atoms with E-state index < -0.39 is 0 Å². The van der Waals surface area contributed by atoms with Crippen LogP contribution in [0.25, 0.3) is 5.57 Å². The fourth-order valence-electron chi connectivity index (χ4n) is 3.17. The third-order valence-corrected chi connectivity index (χ3v) is 4.86. The second kappa shape index (κ2) is 7.66. The standard InChI is InChI=1S/C22H24N2O3/c1-5-13-24-21(25)19(16-9-11-17(27-4)12-10-16)20(22(24)26)23-18-8-6-7-14(2)15(18)3/h6-12,23H,5,13H2,1-4H3. The number of hydrogen-bond acceptors (Lipinski definition) is 4. The average molecular weight is 364 g/mol. The van der Waals surface area contributed by atoms with E-state index in [1.54, 1.807) is 31.4 Å². The fourth-order valence-corrected chi connectivity index (χ4v) is 3.17. The molecule has 0 atom stereocenters. The maximum atomic E-state index is 13.0. The molecule has 0 unspecified atom stereocenters. The summed E-state index contributed by atoms with van der Waals surface area (Å²) in [5.41, 5.74) is 4.42. The van der Waals surface area contributed by atoms with Crippen molar-refractivity contribution in [3.05, 3.63) is 64.9 Å². The van der Waals surface area contributed by atoms with Crippen molar-refractivity contribution in [2.75, 3.05) is 19.0 Å². The molecule has 2 amide bonds. The number of carbonyl (C=O) groups excluding carboxylic acids is 2. The molecule has 0 radical (unpaired) electrons. The molecule has 0 saturated carbocycles. The second-order valence-electron chi connectivity index (χ2n) is 6.61. The lowest BCUT2D eigenvalue weighted by atomic mass is 10.0. The number of nitrogens with zero attached hydrogens (tertiary/aromatic N) is 1. The van der Waals surface area contributed by atoms with Crippen molar-refractivity contribution in [3.8, 4) is 5.75 Å². The monoisotopic (exact) mass is 364 g/mol. The minimum atomic E-state index is -0.284. The van der Waals surface area contributed by atoms with Crippen molar-refractivity contribution in [3.63, 3.8) is 0 Å². The second-order valence-corrected chi connectivity index (χ2v) is 6.61. The Kier molecular flexibility index (Phi) is 5.31. The third kappa shape index (κ3) is 3.45. The Hall–Kier alpha value is -3.08. The molecule has 0 fully saturated rings. The van der Waals surface area contributed by atoms with Crippen molar-refractivity contribution in [2.24, 2.45) is 0 Å². The topological polar surface area (TPSA) is 58.6 Å². The number of anilines is 1. The molecule has 1 N–H and O–H groups in total. The van der Waals surface area contributed by atoms with E-state index in [1.807, 2.05) is 39.0 Å². The molecule has 0 aromatic heterocycles. The molecule has 0 spiro atoms. The van der Waals surface area contributed by atoms with Gasteiger partial charge in [-0.05, 0) is 55.2 Å². The lowest BCUT2D eigenvalue weighted by molar-refractivity contribution is -0.136. The van der Waals surface area contributed by atoms with Gasteiger partial charge in [0.2, 0.25) is 0 Å². The Morgan fingerprint density at radius 1 is 1.00 bits per heavy atom. The highest BCUT2D eigenvalue weighted by Gasteiger charge is 2.38. The van der Waals surface area contributed by atoms with Crippen LogP contribution in [0.4, 0.5) is 5.69 Å². The predicted molar refractivity (Wildman–Crippen MR) is 106 cm³/mol. The van der Waals surface area contributed by atoms with Crippen LogP contribution in [0.15, 0.2) is 48.2 Å². The number of ether oxygens (including phenoxy) is 1. The number of benzene rings is 2. The maximum Gasteiger partial charge on any atom is 0.278 e. The van der Waals surface area contributed by atoms with Gasteiger partial charge >= 0.3 is 0 Å². The van der Waals surface area contributed by atoms with Crippen LogP contribution in [0.2, 0.25) is 0 Å². The van der Waals surface area contributed by atoms with Crippen molar-refractivity contribution in [2.45, 2.75) is 27.2 Å². The summed E-state index contributed by atoms with van der Waals surface area (Å²) in [5, 5.41) is 3.23. The average Bonchev–Trinajstić information content (AvgIpc) is 2.90. The summed E-state index contributed by atoms with van der Waals surface area (Å²) in [4.78, 5) is 27.3. The van der Waals surface area contributed by atoms with Gasteiger partial charge in [-0.1, -0.05) is 31.2 Å². The Bertz CT molecular complexity index is 914. The van der Waals surface area contributed by atoms with Gasteiger partial charge in [-0.3, -0.25) is 14.5 Å². The molecule has 1 aliphatic heterocycles. The first-order valence-electron chi connectivity index (χ1n) is 9.06. The number of amides is 2. The molecule has 0 saturated heterocycles. The van der Waals surface area contributed by atoms with Gasteiger partial charge in [0.1, 0.15) is 11.4 Å². The molecular weight excluding hydrogens is 340 g/mol. The molecular formula is C22H24N2O3. The number of rotatable bonds is 6. The summed E-state index contributed by atoms with van der Waals surface area (Å²) in [6.07, 6.45) is 0.712. The van der Waals surface area contributed by atoms with E-state index >= 15 is 0 Å². The summed E-state index contributed by atoms with van der Waals surface area (Å²) in [7, 11) is 1.59. The molecule has 2 aromatic carbocycles. The summed E-state index contributed by atoms with van der Waals surface area (Å²) in [6.45, 7) is 6.36. The van der Waals surface area contributed by atoms with Gasteiger partial charge in [-0.15, -0.1) is 0 Å². The zero-order valence-electron chi connectivity index (χ0n) is 16.1. The molecule has 1 aliphatic rings. The van der Waals surface area contributed by atoms with Crippen molar-refractivity contribution < 1.29 is 14.3 Å². The molecule has 0 bridgehead atoms. The quantitative estimate of drug-likeness (QED) is 0.790. The number of hydrogen-bond donors (Lipinski definition) is 1. The normalized spacial score (nSPS) is 14.1. The highest BCUT2D eigenvalue weighted by Crippen LogP contribution is 2.32. The van der Waals surface area contributed by atoms with Gasteiger partial charge < -0.3 is 10.1 Å². The van der Waals surface area contributed by atoms with Crippen LogP contribution in [0.3, 0.4) is 0 Å². The third-order valence-electron chi connectivity index (χ3n) is 4.86. The molecule has 27 heavy (non-hydrogen) atoms. The van der Waals surface area contributed by atoms with Crippen molar-refractivity contribution in [1.29, 1.82) is 0 Å². The molecule has 1 heterocycles. The van der Waals surface area contributed by atoms with E-state index in [4.69, 9.17) is 4.74 Å². The van der Waals surface area contributed by atoms with Crippen LogP contribution in [0.5, 0.6) is 5.75 Å². The Morgan fingerprint density at radius 2 is 1.70 bits per heavy atom. The first-order valence-corrected chi connectivity index (χ1v) is 9.06. The number of carbonyl (C=O) groups is 2. The van der Waals surface area contributed by atoms with Gasteiger partial charge in [0.25, 0.3) is 11.8 Å². The molecule has 5 heteroatoms. The van der Waals surface area contributed by atoms with Gasteiger partial charge in [0, 0.05) is 12.2 Å². The predicted octanol–water partition coefficient (Wildman–Crippen LogP) is 3.91. The Labute approximate surface area is 159 Å².